The fourth-order valence-electron chi connectivity index (χ4n) is 3.46. The molecule has 1 N–H and O–H groups in total. The molecule has 1 aromatic carbocycles. The molecule has 7 heteroatoms. The summed E-state index contributed by atoms with van der Waals surface area (Å²) in [6.45, 7) is 5.47. The molecule has 28 heavy (non-hydrogen) atoms. The number of rotatable bonds is 7. The summed E-state index contributed by atoms with van der Waals surface area (Å²) in [5.74, 6) is 1.66. The highest BCUT2D eigenvalue weighted by Crippen LogP contribution is 2.32. The van der Waals surface area contributed by atoms with E-state index in [0.717, 1.165) is 18.4 Å². The summed E-state index contributed by atoms with van der Waals surface area (Å²) in [6, 6.07) is 9.07. The molecule has 1 aliphatic rings. The van der Waals surface area contributed by atoms with E-state index in [1.165, 1.54) is 0 Å². The first-order valence-corrected chi connectivity index (χ1v) is 9.90. The summed E-state index contributed by atoms with van der Waals surface area (Å²) in [6.07, 6.45) is 1.77. The Balaban J connectivity index is 1.93. The van der Waals surface area contributed by atoms with Crippen LogP contribution in [0.3, 0.4) is 0 Å². The SMILES string of the molecule is CC(C)c1noc([C@H](N[C@H](C(=O)N(C)C)c2ccccc2)C2CCOCC2)n1. The molecular weight excluding hydrogens is 356 g/mol. The van der Waals surface area contributed by atoms with E-state index in [2.05, 4.69) is 15.5 Å². The summed E-state index contributed by atoms with van der Waals surface area (Å²) in [5.41, 5.74) is 0.918. The molecule has 2 heterocycles. The highest BCUT2D eigenvalue weighted by Gasteiger charge is 2.35. The van der Waals surface area contributed by atoms with Crippen LogP contribution in [0.5, 0.6) is 0 Å². The lowest BCUT2D eigenvalue weighted by atomic mass is 9.90. The number of ether oxygens (including phenoxy) is 1. The molecule has 0 spiro atoms. The van der Waals surface area contributed by atoms with Gasteiger partial charge in [0.25, 0.3) is 0 Å². The molecule has 152 valence electrons. The van der Waals surface area contributed by atoms with Gasteiger partial charge in [-0.3, -0.25) is 10.1 Å². The monoisotopic (exact) mass is 386 g/mol. The van der Waals surface area contributed by atoms with Crippen LogP contribution in [0, 0.1) is 5.92 Å². The minimum absolute atomic E-state index is 0.00754. The lowest BCUT2D eigenvalue weighted by molar-refractivity contribution is -0.131. The van der Waals surface area contributed by atoms with Crippen LogP contribution in [0.2, 0.25) is 0 Å². The number of aromatic nitrogens is 2. The van der Waals surface area contributed by atoms with Gasteiger partial charge in [-0.25, -0.2) is 0 Å². The summed E-state index contributed by atoms with van der Waals surface area (Å²) in [4.78, 5) is 19.2. The largest absolute Gasteiger partial charge is 0.381 e. The molecule has 0 unspecified atom stereocenters. The van der Waals surface area contributed by atoms with Gasteiger partial charge in [0.15, 0.2) is 5.82 Å². The molecule has 0 aliphatic carbocycles. The molecule has 1 saturated heterocycles. The topological polar surface area (TPSA) is 80.5 Å². The van der Waals surface area contributed by atoms with Gasteiger partial charge < -0.3 is 14.2 Å². The molecule has 0 saturated carbocycles. The van der Waals surface area contributed by atoms with Crippen LogP contribution in [-0.4, -0.2) is 48.3 Å². The Morgan fingerprint density at radius 3 is 2.43 bits per heavy atom. The highest BCUT2D eigenvalue weighted by molar-refractivity contribution is 5.82. The van der Waals surface area contributed by atoms with Gasteiger partial charge in [0.2, 0.25) is 11.8 Å². The molecule has 0 radical (unpaired) electrons. The van der Waals surface area contributed by atoms with Crippen molar-refractivity contribution >= 4 is 5.91 Å². The van der Waals surface area contributed by atoms with E-state index in [9.17, 15) is 4.79 Å². The van der Waals surface area contributed by atoms with Crippen molar-refractivity contribution in [2.24, 2.45) is 5.92 Å². The minimum atomic E-state index is -0.488. The summed E-state index contributed by atoms with van der Waals surface area (Å²) in [5, 5.41) is 7.69. The zero-order valence-electron chi connectivity index (χ0n) is 17.1. The smallest absolute Gasteiger partial charge is 0.244 e. The number of nitrogens with one attached hydrogen (secondary N) is 1. The van der Waals surface area contributed by atoms with Gasteiger partial charge >= 0.3 is 0 Å². The van der Waals surface area contributed by atoms with E-state index < -0.39 is 6.04 Å². The number of carbonyl (C=O) groups excluding carboxylic acids is 1. The Labute approximate surface area is 166 Å². The van der Waals surface area contributed by atoms with E-state index in [0.29, 0.717) is 24.9 Å². The van der Waals surface area contributed by atoms with Crippen LogP contribution in [0.25, 0.3) is 0 Å². The second-order valence-corrected chi connectivity index (χ2v) is 7.82. The van der Waals surface area contributed by atoms with Crippen LogP contribution in [0.15, 0.2) is 34.9 Å². The number of amides is 1. The molecular formula is C21H30N4O3. The first-order valence-electron chi connectivity index (χ1n) is 9.90. The lowest BCUT2D eigenvalue weighted by Gasteiger charge is -2.32. The lowest BCUT2D eigenvalue weighted by Crippen LogP contribution is -2.42. The Morgan fingerprint density at radius 2 is 1.86 bits per heavy atom. The van der Waals surface area contributed by atoms with Gasteiger partial charge in [-0.1, -0.05) is 49.3 Å². The number of likely N-dealkylation sites (N-methyl/N-ethyl adjacent to an activating group) is 1. The van der Waals surface area contributed by atoms with Gasteiger partial charge in [-0.2, -0.15) is 4.98 Å². The number of hydrogen-bond acceptors (Lipinski definition) is 6. The van der Waals surface area contributed by atoms with Crippen LogP contribution in [0.4, 0.5) is 0 Å². The Bertz CT molecular complexity index is 754. The Hall–Kier alpha value is -2.25. The summed E-state index contributed by atoms with van der Waals surface area (Å²) >= 11 is 0. The fraction of sp³-hybridized carbons (Fsp3) is 0.571. The molecule has 7 nitrogen and oxygen atoms in total. The van der Waals surface area contributed by atoms with E-state index in [4.69, 9.17) is 9.26 Å². The Morgan fingerprint density at radius 1 is 1.18 bits per heavy atom. The second kappa shape index (κ2) is 9.30. The quantitative estimate of drug-likeness (QED) is 0.788. The van der Waals surface area contributed by atoms with E-state index in [1.54, 1.807) is 19.0 Å². The third kappa shape index (κ3) is 4.77. The number of carbonyl (C=O) groups is 1. The van der Waals surface area contributed by atoms with Gasteiger partial charge in [0.1, 0.15) is 6.04 Å². The standard InChI is InChI=1S/C21H30N4O3/c1-14(2)19-23-20(28-24-19)17(16-10-12-27-13-11-16)22-18(21(26)25(3)4)15-8-6-5-7-9-15/h5-9,14,16-18,22H,10-13H2,1-4H3/t17-,18+/m1/s1. The number of benzene rings is 1. The second-order valence-electron chi connectivity index (χ2n) is 7.82. The van der Waals surface area contributed by atoms with E-state index in [1.807, 2.05) is 44.2 Å². The first-order chi connectivity index (χ1) is 13.5. The molecule has 0 bridgehead atoms. The van der Waals surface area contributed by atoms with Gasteiger partial charge in [0, 0.05) is 33.2 Å². The maximum Gasteiger partial charge on any atom is 0.244 e. The van der Waals surface area contributed by atoms with Crippen molar-refractivity contribution in [2.75, 3.05) is 27.3 Å². The van der Waals surface area contributed by atoms with E-state index >= 15 is 0 Å². The van der Waals surface area contributed by atoms with Gasteiger partial charge in [-0.05, 0) is 24.3 Å². The van der Waals surface area contributed by atoms with Crippen molar-refractivity contribution in [3.8, 4) is 0 Å². The predicted molar refractivity (Wildman–Crippen MR) is 106 cm³/mol. The van der Waals surface area contributed by atoms with Crippen molar-refractivity contribution < 1.29 is 14.1 Å². The van der Waals surface area contributed by atoms with Gasteiger partial charge in [-0.15, -0.1) is 0 Å². The van der Waals surface area contributed by atoms with Crippen molar-refractivity contribution in [1.29, 1.82) is 0 Å². The Kier molecular flexibility index (Phi) is 6.80. The molecule has 1 fully saturated rings. The predicted octanol–water partition coefficient (Wildman–Crippen LogP) is 3.08. The van der Waals surface area contributed by atoms with Crippen LogP contribution in [-0.2, 0) is 9.53 Å². The number of nitrogens with zero attached hydrogens (tertiary/aromatic N) is 3. The third-order valence-corrected chi connectivity index (χ3v) is 5.14. The summed E-state index contributed by atoms with van der Waals surface area (Å²) in [7, 11) is 3.54. The van der Waals surface area contributed by atoms with Crippen LogP contribution in [0.1, 0.15) is 62.0 Å². The average Bonchev–Trinajstić information content (AvgIpc) is 3.20. The van der Waals surface area contributed by atoms with Crippen molar-refractivity contribution in [1.82, 2.24) is 20.4 Å². The maximum absolute atomic E-state index is 13.0. The fourth-order valence-corrected chi connectivity index (χ4v) is 3.46. The average molecular weight is 386 g/mol. The normalized spacial score (nSPS) is 17.5. The van der Waals surface area contributed by atoms with Crippen molar-refractivity contribution in [3.63, 3.8) is 0 Å². The molecule has 1 aromatic heterocycles. The van der Waals surface area contributed by atoms with Crippen LogP contribution >= 0.6 is 0 Å². The number of hydrogen-bond donors (Lipinski definition) is 1. The molecule has 2 aromatic rings. The molecule has 1 aliphatic heterocycles. The molecule has 2 atom stereocenters. The zero-order chi connectivity index (χ0) is 20.1. The zero-order valence-corrected chi connectivity index (χ0v) is 17.1. The first kappa shape index (κ1) is 20.5. The minimum Gasteiger partial charge on any atom is -0.381 e. The van der Waals surface area contributed by atoms with Gasteiger partial charge in [0.05, 0.1) is 6.04 Å². The molecule has 1 amide bonds. The third-order valence-electron chi connectivity index (χ3n) is 5.14. The van der Waals surface area contributed by atoms with Crippen LogP contribution < -0.4 is 5.32 Å². The van der Waals surface area contributed by atoms with Crippen molar-refractivity contribution in [3.05, 3.63) is 47.6 Å². The van der Waals surface area contributed by atoms with E-state index in [-0.39, 0.29) is 23.8 Å². The van der Waals surface area contributed by atoms with Crippen molar-refractivity contribution in [2.45, 2.75) is 44.7 Å². The highest BCUT2D eigenvalue weighted by atomic mass is 16.5. The molecule has 3 rings (SSSR count). The summed E-state index contributed by atoms with van der Waals surface area (Å²) < 4.78 is 11.2. The maximum atomic E-state index is 13.0.